The average molecular weight is 1580 g/mol. The molecule has 0 saturated carbocycles. The maximum atomic E-state index is 2.71. The molecule has 4 heteroatoms. The summed E-state index contributed by atoms with van der Waals surface area (Å²) in [6.45, 7) is 23.5. The smallest absolute Gasteiger partial charge is 0.0594 e. The molecule has 0 aromatic heterocycles. The van der Waals surface area contributed by atoms with Gasteiger partial charge in [0.15, 0.2) is 0 Å². The zero-order chi connectivity index (χ0) is 83.1. The highest BCUT2D eigenvalue weighted by molar-refractivity contribution is 6.28. The fourth-order valence-corrected chi connectivity index (χ4v) is 20.2. The number of hydrogen-bond donors (Lipinski definition) is 0. The van der Waals surface area contributed by atoms with E-state index in [-0.39, 0.29) is 34.6 Å². The summed E-state index contributed by atoms with van der Waals surface area (Å²) >= 11 is 0. The molecule has 17 aromatic rings. The van der Waals surface area contributed by atoms with Crippen LogP contribution in [0.4, 0.5) is 56.9 Å². The van der Waals surface area contributed by atoms with Crippen LogP contribution in [0, 0.1) is 0 Å². The molecular weight excluding hydrogens is 1470 g/mol. The zero-order valence-electron chi connectivity index (χ0n) is 71.7. The van der Waals surface area contributed by atoms with E-state index in [4.69, 9.17) is 0 Å². The van der Waals surface area contributed by atoms with Gasteiger partial charge in [0, 0.05) is 56.2 Å². The summed E-state index contributed by atoms with van der Waals surface area (Å²) in [5.41, 5.74) is 34.2. The first-order valence-electron chi connectivity index (χ1n) is 44.0. The summed E-state index contributed by atoms with van der Waals surface area (Å²) in [6.07, 6.45) is 15.8. The summed E-state index contributed by atoms with van der Waals surface area (Å²) in [6, 6.07) is 131. The predicted molar refractivity (Wildman–Crippen MR) is 524 cm³/mol. The van der Waals surface area contributed by atoms with Crippen molar-refractivity contribution >= 4 is 106 Å². The maximum absolute atomic E-state index is 2.71. The van der Waals surface area contributed by atoms with Crippen LogP contribution in [0.1, 0.15) is 145 Å². The number of aryl methyl sites for hydroxylation is 1. The van der Waals surface area contributed by atoms with E-state index in [1.165, 1.54) is 183 Å². The topological polar surface area (TPSA) is 13.0 Å². The van der Waals surface area contributed by atoms with Gasteiger partial charge < -0.3 is 19.6 Å². The molecule has 0 fully saturated rings. The molecule has 2 unspecified atom stereocenters. The molecule has 0 amide bonds. The van der Waals surface area contributed by atoms with Crippen LogP contribution in [0.25, 0.3) is 105 Å². The molecule has 4 nitrogen and oxygen atoms in total. The van der Waals surface area contributed by atoms with Gasteiger partial charge in [0.05, 0.1) is 34.5 Å². The SMILES string of the molecule is CC(C)c1ccc(-c2cccc(-c3ccc(-c4ccc(C(C)(C)C)c(N(c5ccccc5)C5C=Cc6ccc7c(N(c8ccccc8)c8cc(-c9ccccc9)ccc8C(C)(C)C)ccc8c7c6C5CC8)c4)cc3)c2)cc1N(C1=CC=CCC1)c1ccc2ccc3c(N(c4ccccc4)c4cc(-c5ccccc5)ccc4C(C)C)ccc4ccc1c2c43. The highest BCUT2D eigenvalue weighted by atomic mass is 15.2. The molecule has 0 spiro atoms. The monoisotopic (exact) mass is 1580 g/mol. The minimum absolute atomic E-state index is 0.0231. The zero-order valence-corrected chi connectivity index (χ0v) is 71.7. The largest absolute Gasteiger partial charge is 0.334 e. The molecule has 0 heterocycles. The Labute approximate surface area is 720 Å². The van der Waals surface area contributed by atoms with Crippen LogP contribution in [-0.2, 0) is 17.3 Å². The van der Waals surface area contributed by atoms with Crippen molar-refractivity contribution in [3.8, 4) is 55.6 Å². The van der Waals surface area contributed by atoms with E-state index in [2.05, 4.69) is 465 Å². The van der Waals surface area contributed by atoms with E-state index in [1.54, 1.807) is 0 Å². The van der Waals surface area contributed by atoms with E-state index < -0.39 is 0 Å². The van der Waals surface area contributed by atoms with Crippen molar-refractivity contribution in [2.75, 3.05) is 19.6 Å². The number of nitrogens with zero attached hydrogens (tertiary/aromatic N) is 4. The number of anilines is 10. The Morgan fingerprint density at radius 3 is 1.25 bits per heavy atom. The maximum Gasteiger partial charge on any atom is 0.0594 e. The lowest BCUT2D eigenvalue weighted by Crippen LogP contribution is -2.39. The van der Waals surface area contributed by atoms with E-state index in [0.717, 1.165) is 42.7 Å². The van der Waals surface area contributed by atoms with Crippen molar-refractivity contribution in [1.82, 2.24) is 0 Å². The molecule has 20 rings (SSSR count). The van der Waals surface area contributed by atoms with Gasteiger partial charge in [-0.25, -0.2) is 0 Å². The van der Waals surface area contributed by atoms with E-state index >= 15 is 0 Å². The quantitative estimate of drug-likeness (QED) is 0.0748. The standard InChI is InChI=1S/C118H104N4/c1-77(2)97-60-52-89(79-30-17-11-18-31-79)73-109(97)119(93-36-21-13-22-37-93)105-68-56-83-49-63-100-106(69-57-84-48-62-99(105)113(83)114(84)100)120(94-38-23-14-24-39-94)110-74-92(53-61-98(110)78(3)4)88-35-29-34-87(72-88)81-44-46-82(47-45-81)91-55-67-104(118(8,9)10)112(76-91)122(96-42-27-16-28-43-96)108-71-59-86-50-64-101-107(70-58-85-51-65-102(108)116(86)115(85)101)121(95-40-25-15-26-41-95)111-75-90(80-32-19-12-20-33-80)54-66-103(111)117(5,6)7/h11-23,25-38,40-50,52-64,66-78,102,108H,24,39,51,65H2,1-10H3. The number of allylic oxidation sites excluding steroid dienone is 4. The number of hydrogen-bond acceptors (Lipinski definition) is 4. The van der Waals surface area contributed by atoms with Crippen LogP contribution in [0.3, 0.4) is 0 Å². The van der Waals surface area contributed by atoms with E-state index in [1.807, 2.05) is 0 Å². The fraction of sp³-hybridized carbons (Fsp3) is 0.169. The molecule has 0 N–H and O–H groups in total. The molecule has 0 radical (unpaired) electrons. The van der Waals surface area contributed by atoms with Crippen molar-refractivity contribution in [2.45, 2.75) is 130 Å². The van der Waals surface area contributed by atoms with Crippen molar-refractivity contribution in [2.24, 2.45) is 0 Å². The molecule has 122 heavy (non-hydrogen) atoms. The van der Waals surface area contributed by atoms with E-state index in [9.17, 15) is 0 Å². The Balaban J connectivity index is 0.651. The van der Waals surface area contributed by atoms with Crippen LogP contribution >= 0.6 is 0 Å². The third-order valence-corrected chi connectivity index (χ3v) is 26.1. The highest BCUT2D eigenvalue weighted by Gasteiger charge is 2.39. The van der Waals surface area contributed by atoms with Crippen molar-refractivity contribution in [3.63, 3.8) is 0 Å². The molecule has 2 atom stereocenters. The lowest BCUT2D eigenvalue weighted by Gasteiger charge is -2.44. The van der Waals surface area contributed by atoms with Gasteiger partial charge in [-0.2, -0.15) is 0 Å². The molecule has 3 aliphatic rings. The van der Waals surface area contributed by atoms with Crippen LogP contribution in [0.15, 0.2) is 376 Å². The van der Waals surface area contributed by atoms with E-state index in [0.29, 0.717) is 0 Å². The Morgan fingerprint density at radius 2 is 0.721 bits per heavy atom. The van der Waals surface area contributed by atoms with Crippen molar-refractivity contribution < 1.29 is 0 Å². The van der Waals surface area contributed by atoms with Crippen molar-refractivity contribution in [1.29, 1.82) is 0 Å². The molecule has 0 bridgehead atoms. The third-order valence-electron chi connectivity index (χ3n) is 26.1. The minimum atomic E-state index is -0.172. The lowest BCUT2D eigenvalue weighted by molar-refractivity contribution is 0.538. The second-order valence-corrected chi connectivity index (χ2v) is 36.5. The molecule has 596 valence electrons. The summed E-state index contributed by atoms with van der Waals surface area (Å²) < 4.78 is 0. The normalized spacial score (nSPS) is 14.5. The highest BCUT2D eigenvalue weighted by Crippen LogP contribution is 2.56. The first-order valence-corrected chi connectivity index (χ1v) is 44.0. The molecular formula is C118H104N4. The molecule has 0 saturated heterocycles. The Morgan fingerprint density at radius 1 is 0.320 bits per heavy atom. The van der Waals surface area contributed by atoms with Gasteiger partial charge in [-0.05, 0) is 261 Å². The van der Waals surface area contributed by atoms with Crippen LogP contribution < -0.4 is 19.6 Å². The van der Waals surface area contributed by atoms with Gasteiger partial charge in [-0.15, -0.1) is 0 Å². The summed E-state index contributed by atoms with van der Waals surface area (Å²) in [7, 11) is 0. The first kappa shape index (κ1) is 77.1. The van der Waals surface area contributed by atoms with Gasteiger partial charge in [-0.1, -0.05) is 354 Å². The summed E-state index contributed by atoms with van der Waals surface area (Å²) in [4.78, 5) is 10.4. The Bertz CT molecular complexity index is 6900. The molecule has 0 aliphatic heterocycles. The number of benzene rings is 17. The van der Waals surface area contributed by atoms with Gasteiger partial charge in [0.1, 0.15) is 0 Å². The Hall–Kier alpha value is -13.5. The summed E-state index contributed by atoms with van der Waals surface area (Å²) in [5, 5.41) is 10.2. The van der Waals surface area contributed by atoms with Gasteiger partial charge >= 0.3 is 0 Å². The van der Waals surface area contributed by atoms with Crippen LogP contribution in [-0.4, -0.2) is 6.04 Å². The average Bonchev–Trinajstić information content (AvgIpc) is 0.719. The third kappa shape index (κ3) is 14.0. The predicted octanol–water partition coefficient (Wildman–Crippen LogP) is 33.5. The summed E-state index contributed by atoms with van der Waals surface area (Å²) in [5.74, 6) is 0.739. The second-order valence-electron chi connectivity index (χ2n) is 36.5. The lowest BCUT2D eigenvalue weighted by atomic mass is 9.72. The van der Waals surface area contributed by atoms with Gasteiger partial charge in [0.25, 0.3) is 0 Å². The van der Waals surface area contributed by atoms with Gasteiger partial charge in [-0.3, -0.25) is 0 Å². The fourth-order valence-electron chi connectivity index (χ4n) is 20.2. The van der Waals surface area contributed by atoms with Crippen LogP contribution in [0.5, 0.6) is 0 Å². The Kier molecular flexibility index (Phi) is 19.9. The molecule has 17 aromatic carbocycles. The van der Waals surface area contributed by atoms with Gasteiger partial charge in [0.2, 0.25) is 0 Å². The van der Waals surface area contributed by atoms with Crippen molar-refractivity contribution in [3.05, 3.63) is 415 Å². The first-order chi connectivity index (χ1) is 59.4. The van der Waals surface area contributed by atoms with Crippen LogP contribution in [0.2, 0.25) is 0 Å². The number of para-hydroxylation sites is 3. The number of rotatable bonds is 19. The minimum Gasteiger partial charge on any atom is -0.334 e. The molecule has 3 aliphatic carbocycles. The second kappa shape index (κ2) is 31.6.